The van der Waals surface area contributed by atoms with Crippen LogP contribution in [0.15, 0.2) is 47.7 Å². The maximum atomic E-state index is 14.3. The van der Waals surface area contributed by atoms with Crippen molar-refractivity contribution in [3.05, 3.63) is 70.2 Å². The van der Waals surface area contributed by atoms with Crippen LogP contribution in [0.5, 0.6) is 0 Å². The van der Waals surface area contributed by atoms with Crippen molar-refractivity contribution in [2.75, 3.05) is 36.9 Å². The van der Waals surface area contributed by atoms with Gasteiger partial charge in [0, 0.05) is 52.1 Å². The fourth-order valence-electron chi connectivity index (χ4n) is 10.3. The molecule has 4 fully saturated rings. The molecule has 17 nitrogen and oxygen atoms in total. The van der Waals surface area contributed by atoms with Crippen LogP contribution in [0.2, 0.25) is 0 Å². The fourth-order valence-corrected chi connectivity index (χ4v) is 10.3. The molecule has 4 aromatic heterocycles. The Balaban J connectivity index is 0.728. The number of hydrogen-bond acceptors (Lipinski definition) is 11. The maximum Gasteiger partial charge on any atom is 0.329 e. The monoisotopic (exact) mass is 885 g/mol. The Kier molecular flexibility index (Phi) is 12.9. The molecule has 1 unspecified atom stereocenters. The average molecular weight is 886 g/mol. The lowest BCUT2D eigenvalue weighted by molar-refractivity contribution is -0.135. The number of aryl methyl sites for hydroxylation is 2. The Morgan fingerprint density at radius 3 is 2.58 bits per heavy atom. The number of imide groups is 1. The number of fused-ring (bicyclic) bond motifs is 2. The molecule has 6 heterocycles. The van der Waals surface area contributed by atoms with E-state index in [2.05, 4.69) is 36.0 Å². The molecule has 9 rings (SSSR count). The Morgan fingerprint density at radius 2 is 1.81 bits per heavy atom. The summed E-state index contributed by atoms with van der Waals surface area (Å²) in [5.41, 5.74) is 2.15. The second-order valence-corrected chi connectivity index (χ2v) is 18.0. The van der Waals surface area contributed by atoms with Gasteiger partial charge in [0.05, 0.1) is 47.2 Å². The summed E-state index contributed by atoms with van der Waals surface area (Å²) in [6.07, 6.45) is 12.3. The number of benzene rings is 1. The predicted molar refractivity (Wildman–Crippen MR) is 233 cm³/mol. The van der Waals surface area contributed by atoms with Gasteiger partial charge in [0.1, 0.15) is 17.4 Å². The van der Waals surface area contributed by atoms with Crippen molar-refractivity contribution in [1.29, 1.82) is 0 Å². The zero-order chi connectivity index (χ0) is 44.5. The van der Waals surface area contributed by atoms with Gasteiger partial charge in [0.2, 0.25) is 11.8 Å². The van der Waals surface area contributed by atoms with Gasteiger partial charge in [-0.3, -0.25) is 33.5 Å². The van der Waals surface area contributed by atoms with Crippen molar-refractivity contribution in [1.82, 2.24) is 43.7 Å². The Bertz CT molecular complexity index is 2550. The molecule has 4 aliphatic rings. The van der Waals surface area contributed by atoms with Crippen molar-refractivity contribution in [2.24, 2.45) is 13.0 Å². The number of ether oxygens (including phenoxy) is 1. The minimum Gasteiger partial charge on any atom is -0.391 e. The number of amides is 3. The van der Waals surface area contributed by atoms with Crippen molar-refractivity contribution in [2.45, 2.75) is 127 Å². The number of anilines is 2. The van der Waals surface area contributed by atoms with Gasteiger partial charge in [-0.2, -0.15) is 10.2 Å². The number of hydrogen-bond donors (Lipinski definition) is 4. The van der Waals surface area contributed by atoms with E-state index in [1.54, 1.807) is 28.6 Å². The highest BCUT2D eigenvalue weighted by Crippen LogP contribution is 2.36. The molecule has 4 N–H and O–H groups in total. The first-order valence-electron chi connectivity index (χ1n) is 22.8. The Hall–Kier alpha value is -5.53. The number of carbonyl (C=O) groups is 3. The molecule has 2 aliphatic carbocycles. The van der Waals surface area contributed by atoms with Crippen molar-refractivity contribution < 1.29 is 33.0 Å². The van der Waals surface area contributed by atoms with E-state index in [0.717, 1.165) is 101 Å². The summed E-state index contributed by atoms with van der Waals surface area (Å²) in [6, 6.07) is 6.59. The second kappa shape index (κ2) is 18.9. The molecule has 2 aliphatic heterocycles. The predicted octanol–water partition coefficient (Wildman–Crippen LogP) is 5.31. The summed E-state index contributed by atoms with van der Waals surface area (Å²) in [6.45, 7) is 3.48. The van der Waals surface area contributed by atoms with Gasteiger partial charge in [-0.05, 0) is 94.2 Å². The number of nitrogens with one attached hydrogen (secondary N) is 3. The summed E-state index contributed by atoms with van der Waals surface area (Å²) >= 11 is 0. The normalized spacial score (nSPS) is 23.9. The van der Waals surface area contributed by atoms with Crippen LogP contribution in [0.25, 0.3) is 16.7 Å². The number of aliphatic hydroxyl groups is 1. The zero-order valence-electron chi connectivity index (χ0n) is 36.1. The molecule has 3 atom stereocenters. The number of alkyl halides is 2. The van der Waals surface area contributed by atoms with Crippen molar-refractivity contribution in [3.8, 4) is 0 Å². The van der Waals surface area contributed by atoms with Gasteiger partial charge in [-0.15, -0.1) is 0 Å². The topological polar surface area (TPSA) is 195 Å². The first kappa shape index (κ1) is 43.7. The number of aromatic nitrogens is 7. The molecule has 1 aromatic carbocycles. The quantitative estimate of drug-likeness (QED) is 0.0835. The van der Waals surface area contributed by atoms with Crippen LogP contribution in [0.3, 0.4) is 0 Å². The van der Waals surface area contributed by atoms with E-state index < -0.39 is 36.1 Å². The molecule has 0 bridgehead atoms. The molecular weight excluding hydrogens is 829 g/mol. The van der Waals surface area contributed by atoms with E-state index in [4.69, 9.17) is 4.74 Å². The number of likely N-dealkylation sites (tertiary alicyclic amines) is 1. The van der Waals surface area contributed by atoms with Crippen molar-refractivity contribution >= 4 is 45.9 Å². The maximum absolute atomic E-state index is 14.3. The molecule has 2 saturated carbocycles. The first-order valence-corrected chi connectivity index (χ1v) is 22.8. The van der Waals surface area contributed by atoms with Gasteiger partial charge in [-0.25, -0.2) is 23.1 Å². The molecule has 3 amide bonds. The van der Waals surface area contributed by atoms with Crippen LogP contribution < -0.4 is 21.6 Å². The molecule has 2 saturated heterocycles. The minimum atomic E-state index is -2.88. The van der Waals surface area contributed by atoms with E-state index in [9.17, 15) is 33.1 Å². The number of para-hydroxylation sites is 1. The number of halogens is 2. The van der Waals surface area contributed by atoms with E-state index in [1.165, 1.54) is 21.5 Å². The Labute approximate surface area is 368 Å². The van der Waals surface area contributed by atoms with Crippen LogP contribution in [-0.2, 0) is 27.8 Å². The number of rotatable bonds is 14. The van der Waals surface area contributed by atoms with Crippen LogP contribution in [0, 0.1) is 5.92 Å². The molecule has 64 heavy (non-hydrogen) atoms. The van der Waals surface area contributed by atoms with Gasteiger partial charge >= 0.3 is 5.69 Å². The third-order valence-corrected chi connectivity index (χ3v) is 13.8. The summed E-state index contributed by atoms with van der Waals surface area (Å²) in [4.78, 5) is 58.2. The summed E-state index contributed by atoms with van der Waals surface area (Å²) in [7, 11) is 1.72. The Morgan fingerprint density at radius 1 is 1.02 bits per heavy atom. The SMILES string of the molecule is Cn1c(=O)n(C2CCC(=O)NC2=O)c2cccc(CCCOC3CCN(C[C@H]4CC[C@H](n5cc(NC(=O)c6cnn7ccc(N[C@H]8CCCC[C@H]8O)nc67)c(C(F)F)n5)CC4)CC3)c21. The van der Waals surface area contributed by atoms with Crippen LogP contribution >= 0.6 is 0 Å². The highest BCUT2D eigenvalue weighted by Gasteiger charge is 2.33. The van der Waals surface area contributed by atoms with Gasteiger partial charge in [-0.1, -0.05) is 25.0 Å². The third kappa shape index (κ3) is 9.19. The van der Waals surface area contributed by atoms with Crippen LogP contribution in [-0.4, -0.2) is 106 Å². The van der Waals surface area contributed by atoms with Crippen LogP contribution in [0.4, 0.5) is 20.3 Å². The van der Waals surface area contributed by atoms with E-state index >= 15 is 0 Å². The van der Waals surface area contributed by atoms with E-state index in [1.807, 2.05) is 18.2 Å². The third-order valence-electron chi connectivity index (χ3n) is 13.8. The smallest absolute Gasteiger partial charge is 0.329 e. The first-order chi connectivity index (χ1) is 31.0. The van der Waals surface area contributed by atoms with Gasteiger partial charge in [0.15, 0.2) is 11.3 Å². The summed E-state index contributed by atoms with van der Waals surface area (Å²) in [5, 5.41) is 27.2. The minimum absolute atomic E-state index is 0.0304. The molecule has 0 spiro atoms. The lowest BCUT2D eigenvalue weighted by Gasteiger charge is -2.36. The fraction of sp³-hybridized carbons (Fsp3) is 0.578. The average Bonchev–Trinajstić information content (AvgIpc) is 3.98. The molecule has 19 heteroatoms. The highest BCUT2D eigenvalue weighted by molar-refractivity contribution is 6.08. The number of imidazole rings is 1. The highest BCUT2D eigenvalue weighted by atomic mass is 19.3. The number of carbonyl (C=O) groups excluding carboxylic acids is 3. The lowest BCUT2D eigenvalue weighted by Crippen LogP contribution is -2.44. The van der Waals surface area contributed by atoms with Gasteiger partial charge in [0.25, 0.3) is 12.3 Å². The number of aliphatic hydroxyl groups excluding tert-OH is 1. The number of piperidine rings is 2. The molecular formula is C45H57F2N11O6. The summed E-state index contributed by atoms with van der Waals surface area (Å²) < 4.78 is 41.1. The standard InChI is InChI=1S/C45H57F2N11O6/c1-54-40-28(6-4-9-34(40)58(45(54)63)35-15-16-38(60)52-44(35)62)7-5-23-64-30-17-20-55(21-18-30)25-27-11-13-29(14-12-27)57-26-33(39(53-57)41(46)47)50-43(61)31-24-48-56-22-19-37(51-42(31)56)49-32-8-2-3-10-36(32)59/h4,6,9,19,22,24,26-27,29-30,32,35-36,41,59H,2-3,5,7-8,10-18,20-21,23,25H2,1H3,(H,49,51)(H,50,61)(H,52,60,62)/t27-,29-,32-,35?,36+/m0/s1. The summed E-state index contributed by atoms with van der Waals surface area (Å²) in [5.74, 6) is -0.382. The van der Waals surface area contributed by atoms with E-state index in [-0.39, 0.29) is 53.1 Å². The van der Waals surface area contributed by atoms with Gasteiger partial charge < -0.3 is 25.4 Å². The lowest BCUT2D eigenvalue weighted by atomic mass is 9.85. The molecule has 5 aromatic rings. The zero-order valence-corrected chi connectivity index (χ0v) is 36.1. The van der Waals surface area contributed by atoms with Crippen molar-refractivity contribution in [3.63, 3.8) is 0 Å². The van der Waals surface area contributed by atoms with Crippen LogP contribution in [0.1, 0.15) is 124 Å². The molecule has 0 radical (unpaired) electrons. The molecule has 342 valence electrons. The largest absolute Gasteiger partial charge is 0.391 e. The number of nitrogens with zero attached hydrogens (tertiary/aromatic N) is 8. The second-order valence-electron chi connectivity index (χ2n) is 18.0. The van der Waals surface area contributed by atoms with E-state index in [0.29, 0.717) is 36.7 Å².